The number of aryl methyl sites for hydroxylation is 2. The lowest BCUT2D eigenvalue weighted by atomic mass is 9.94. The Balaban J connectivity index is 0.000000395. The van der Waals surface area contributed by atoms with E-state index in [1.165, 1.54) is 34.5 Å². The summed E-state index contributed by atoms with van der Waals surface area (Å²) in [6.07, 6.45) is 2.89. The Labute approximate surface area is 228 Å². The average Bonchev–Trinajstić information content (AvgIpc) is 2.95. The highest BCUT2D eigenvalue weighted by Gasteiger charge is 2.28. The van der Waals surface area contributed by atoms with Crippen molar-refractivity contribution in [1.82, 2.24) is 0 Å². The second kappa shape index (κ2) is 15.2. The first-order valence-electron chi connectivity index (χ1n) is 12.1. The molecule has 0 saturated heterocycles. The fraction of sp³-hybridized carbons (Fsp3) is 0.379. The molecule has 0 amide bonds. The lowest BCUT2D eigenvalue weighted by Crippen LogP contribution is -2.17. The maximum absolute atomic E-state index is 12.1. The summed E-state index contributed by atoms with van der Waals surface area (Å²) >= 11 is 0. The summed E-state index contributed by atoms with van der Waals surface area (Å²) in [5, 5.41) is 9.87. The minimum atomic E-state index is -0.765. The summed E-state index contributed by atoms with van der Waals surface area (Å²) in [7, 11) is 4.93. The Morgan fingerprint density at radius 1 is 0.718 bits per heavy atom. The summed E-state index contributed by atoms with van der Waals surface area (Å²) in [4.78, 5) is 47.5. The molecule has 0 heterocycles. The molecular weight excluding hydrogens is 508 g/mol. The second-order valence-electron chi connectivity index (χ2n) is 8.11. The maximum Gasteiger partial charge on any atom is 0.342 e. The third-order valence-electron chi connectivity index (χ3n) is 6.01. The van der Waals surface area contributed by atoms with Gasteiger partial charge in [-0.25, -0.2) is 19.2 Å². The van der Waals surface area contributed by atoms with Crippen LogP contribution in [0, 0.1) is 13.8 Å². The van der Waals surface area contributed by atoms with Crippen molar-refractivity contribution in [1.29, 1.82) is 0 Å². The van der Waals surface area contributed by atoms with Crippen molar-refractivity contribution in [2.75, 3.05) is 35.0 Å². The zero-order chi connectivity index (χ0) is 29.9. The van der Waals surface area contributed by atoms with Crippen molar-refractivity contribution in [3.05, 3.63) is 69.3 Å². The van der Waals surface area contributed by atoms with Gasteiger partial charge in [-0.1, -0.05) is 26.5 Å². The third kappa shape index (κ3) is 7.37. The van der Waals surface area contributed by atoms with Crippen LogP contribution in [-0.2, 0) is 31.8 Å². The van der Waals surface area contributed by atoms with Gasteiger partial charge in [0, 0.05) is 0 Å². The molecule has 0 fully saturated rings. The molecule has 0 aliphatic rings. The number of carbonyl (C=O) groups is 4. The summed E-state index contributed by atoms with van der Waals surface area (Å²) in [6.45, 7) is 11.1. The maximum atomic E-state index is 12.1. The third-order valence-corrected chi connectivity index (χ3v) is 6.01. The first kappa shape index (κ1) is 32.7. The predicted molar refractivity (Wildman–Crippen MR) is 144 cm³/mol. The molecule has 2 aromatic rings. The topological polar surface area (TPSA) is 135 Å². The monoisotopic (exact) mass is 544 g/mol. The molecule has 2 aromatic carbocycles. The molecule has 0 aromatic heterocycles. The smallest absolute Gasteiger partial charge is 0.342 e. The summed E-state index contributed by atoms with van der Waals surface area (Å²) in [5.41, 5.74) is 3.16. The van der Waals surface area contributed by atoms with E-state index in [2.05, 4.69) is 16.1 Å². The summed E-state index contributed by atoms with van der Waals surface area (Å²) < 4.78 is 24.3. The van der Waals surface area contributed by atoms with E-state index in [1.54, 1.807) is 26.0 Å². The minimum Gasteiger partial charge on any atom is -0.507 e. The number of aromatic hydroxyl groups is 1. The van der Waals surface area contributed by atoms with Crippen LogP contribution < -0.4 is 4.74 Å². The molecule has 0 bridgehead atoms. The standard InChI is InChI=1S/C16H20O5.C13H16O5/c1-6-8-21-12-9-11(7-2)10(3)13(15(17)19-4)14(12)16(18)20-5;1-5-8-6-9(14)11(13(16)18-4)10(7(8)2)12(15)17-3/h6,9H,1,7-8H2,2-5H3;6,14H,5H2,1-4H3. The van der Waals surface area contributed by atoms with Gasteiger partial charge >= 0.3 is 23.9 Å². The first-order chi connectivity index (χ1) is 18.5. The normalized spacial score (nSPS) is 9.95. The van der Waals surface area contributed by atoms with Crippen molar-refractivity contribution < 1.29 is 48.0 Å². The van der Waals surface area contributed by atoms with Gasteiger partial charge in [0.25, 0.3) is 0 Å². The number of rotatable bonds is 9. The van der Waals surface area contributed by atoms with Gasteiger partial charge in [-0.2, -0.15) is 0 Å². The number of hydrogen-bond donors (Lipinski definition) is 1. The molecule has 0 spiro atoms. The lowest BCUT2D eigenvalue weighted by molar-refractivity contribution is 0.0550. The van der Waals surface area contributed by atoms with Crippen LogP contribution in [0.3, 0.4) is 0 Å². The molecule has 0 aliphatic heterocycles. The van der Waals surface area contributed by atoms with Gasteiger partial charge < -0.3 is 28.8 Å². The number of carbonyl (C=O) groups excluding carboxylic acids is 4. The zero-order valence-corrected chi connectivity index (χ0v) is 23.7. The summed E-state index contributed by atoms with van der Waals surface area (Å²) in [5.74, 6) is -2.64. The fourth-order valence-electron chi connectivity index (χ4n) is 3.96. The van der Waals surface area contributed by atoms with Crippen LogP contribution in [0.4, 0.5) is 0 Å². The quantitative estimate of drug-likeness (QED) is 0.272. The first-order valence-corrected chi connectivity index (χ1v) is 12.1. The fourth-order valence-corrected chi connectivity index (χ4v) is 3.96. The van der Waals surface area contributed by atoms with Crippen LogP contribution in [0.25, 0.3) is 0 Å². The highest BCUT2D eigenvalue weighted by atomic mass is 16.5. The van der Waals surface area contributed by atoms with Gasteiger partial charge in [-0.15, -0.1) is 0 Å². The van der Waals surface area contributed by atoms with Crippen molar-refractivity contribution in [3.63, 3.8) is 0 Å². The SMILES string of the molecule is C=CCOc1cc(CC)c(C)c(C(=O)OC)c1C(=O)OC.CCc1cc(O)c(C(=O)OC)c(C(=O)OC)c1C. The Morgan fingerprint density at radius 2 is 1.10 bits per heavy atom. The van der Waals surface area contributed by atoms with Crippen LogP contribution in [0.1, 0.15) is 77.5 Å². The minimum absolute atomic E-state index is 0.0567. The van der Waals surface area contributed by atoms with Crippen molar-refractivity contribution in [2.24, 2.45) is 0 Å². The molecule has 0 unspecified atom stereocenters. The molecule has 0 radical (unpaired) electrons. The number of benzene rings is 2. The van der Waals surface area contributed by atoms with Gasteiger partial charge in [-0.05, 0) is 61.1 Å². The van der Waals surface area contributed by atoms with Crippen molar-refractivity contribution in [2.45, 2.75) is 40.5 Å². The van der Waals surface area contributed by atoms with Gasteiger partial charge in [0.2, 0.25) is 0 Å². The Hall–Kier alpha value is -4.34. The molecule has 1 N–H and O–H groups in total. The Bertz CT molecular complexity index is 1240. The van der Waals surface area contributed by atoms with Crippen LogP contribution in [-0.4, -0.2) is 64.0 Å². The van der Waals surface area contributed by atoms with Gasteiger partial charge in [0.15, 0.2) is 0 Å². The van der Waals surface area contributed by atoms with Gasteiger partial charge in [0.1, 0.15) is 29.2 Å². The molecule has 0 aliphatic carbocycles. The van der Waals surface area contributed by atoms with Crippen molar-refractivity contribution >= 4 is 23.9 Å². The molecular formula is C29H36O10. The number of hydrogen-bond acceptors (Lipinski definition) is 10. The van der Waals surface area contributed by atoms with E-state index in [9.17, 15) is 24.3 Å². The van der Waals surface area contributed by atoms with Crippen molar-refractivity contribution in [3.8, 4) is 11.5 Å². The van der Waals surface area contributed by atoms with E-state index in [0.29, 0.717) is 29.7 Å². The lowest BCUT2D eigenvalue weighted by Gasteiger charge is -2.17. The van der Waals surface area contributed by atoms with Gasteiger partial charge in [-0.3, -0.25) is 0 Å². The predicted octanol–water partition coefficient (Wildman–Crippen LogP) is 4.53. The van der Waals surface area contributed by atoms with E-state index >= 15 is 0 Å². The van der Waals surface area contributed by atoms with Crippen LogP contribution in [0.2, 0.25) is 0 Å². The number of ether oxygens (including phenoxy) is 5. The zero-order valence-electron chi connectivity index (χ0n) is 23.7. The highest BCUT2D eigenvalue weighted by molar-refractivity contribution is 6.07. The van der Waals surface area contributed by atoms with Crippen LogP contribution >= 0.6 is 0 Å². The largest absolute Gasteiger partial charge is 0.507 e. The highest BCUT2D eigenvalue weighted by Crippen LogP contribution is 2.31. The molecule has 0 atom stereocenters. The van der Waals surface area contributed by atoms with E-state index in [0.717, 1.165) is 11.1 Å². The molecule has 2 rings (SSSR count). The number of phenolic OH excluding ortho intramolecular Hbond substituents is 1. The molecule has 39 heavy (non-hydrogen) atoms. The summed E-state index contributed by atoms with van der Waals surface area (Å²) in [6, 6.07) is 3.21. The molecule has 10 nitrogen and oxygen atoms in total. The van der Waals surface area contributed by atoms with Crippen LogP contribution in [0.15, 0.2) is 24.8 Å². The number of esters is 4. The van der Waals surface area contributed by atoms with E-state index in [1.807, 2.05) is 13.8 Å². The average molecular weight is 545 g/mol. The molecule has 10 heteroatoms. The number of phenols is 1. The number of methoxy groups -OCH3 is 4. The Kier molecular flexibility index (Phi) is 12.7. The molecule has 212 valence electrons. The van der Waals surface area contributed by atoms with Gasteiger partial charge in [0.05, 0.1) is 39.6 Å². The van der Waals surface area contributed by atoms with E-state index in [4.69, 9.17) is 14.2 Å². The van der Waals surface area contributed by atoms with E-state index < -0.39 is 23.9 Å². The Morgan fingerprint density at radius 3 is 1.51 bits per heavy atom. The second-order valence-corrected chi connectivity index (χ2v) is 8.11. The van der Waals surface area contributed by atoms with E-state index in [-0.39, 0.29) is 34.6 Å². The van der Waals surface area contributed by atoms with Crippen LogP contribution in [0.5, 0.6) is 11.5 Å². The molecule has 0 saturated carbocycles.